The van der Waals surface area contributed by atoms with Crippen molar-refractivity contribution < 1.29 is 4.92 Å². The van der Waals surface area contributed by atoms with Gasteiger partial charge >= 0.3 is 0 Å². The number of non-ortho nitro benzene ring substituents is 1. The lowest BCUT2D eigenvalue weighted by molar-refractivity contribution is -0.384. The van der Waals surface area contributed by atoms with Crippen molar-refractivity contribution in [2.45, 2.75) is 18.9 Å². The molecular weight excluding hydrogens is 278 g/mol. The second-order valence-corrected chi connectivity index (χ2v) is 5.75. The lowest BCUT2D eigenvalue weighted by atomic mass is 9.77. The summed E-state index contributed by atoms with van der Waals surface area (Å²) >= 11 is 0. The number of hydrazone groups is 1. The highest BCUT2D eigenvalue weighted by molar-refractivity contribution is 6.05. The number of benzene rings is 2. The number of rotatable bonds is 2. The molecule has 0 bridgehead atoms. The van der Waals surface area contributed by atoms with Crippen molar-refractivity contribution in [1.29, 1.82) is 0 Å². The van der Waals surface area contributed by atoms with Gasteiger partial charge in [-0.05, 0) is 24.0 Å². The van der Waals surface area contributed by atoms with Gasteiger partial charge in [-0.15, -0.1) is 0 Å². The van der Waals surface area contributed by atoms with Crippen molar-refractivity contribution in [3.8, 4) is 0 Å². The van der Waals surface area contributed by atoms with E-state index in [1.807, 2.05) is 18.2 Å². The number of hydrogen-bond acceptors (Lipinski definition) is 4. The average Bonchev–Trinajstić information content (AvgIpc) is 2.99. The maximum absolute atomic E-state index is 10.8. The molecular formula is C17H15N3O2. The monoisotopic (exact) mass is 293 g/mol. The minimum Gasteiger partial charge on any atom is -0.302 e. The van der Waals surface area contributed by atoms with Crippen molar-refractivity contribution in [3.05, 3.63) is 75.3 Å². The first kappa shape index (κ1) is 13.0. The van der Waals surface area contributed by atoms with Crippen LogP contribution in [0.2, 0.25) is 0 Å². The van der Waals surface area contributed by atoms with Crippen LogP contribution in [-0.4, -0.2) is 10.6 Å². The molecule has 110 valence electrons. The molecule has 1 aliphatic carbocycles. The molecule has 1 heterocycles. The third kappa shape index (κ3) is 1.97. The Hall–Kier alpha value is -2.69. The Morgan fingerprint density at radius 1 is 1.14 bits per heavy atom. The summed E-state index contributed by atoms with van der Waals surface area (Å²) in [6.07, 6.45) is 2.09. The highest BCUT2D eigenvalue weighted by Gasteiger charge is 2.36. The van der Waals surface area contributed by atoms with E-state index in [1.165, 1.54) is 11.1 Å². The second-order valence-electron chi connectivity index (χ2n) is 5.75. The standard InChI is InChI=1S/C17H15N3O2/c21-20(22)13-8-5-12(6-9-13)16-15-10-7-11-3-1-2-4-14(11)17(15)19-18-16/h1-6,8-9,15-16,18H,7,10H2. The molecule has 5 heteroatoms. The van der Waals surface area contributed by atoms with Crippen LogP contribution in [0.25, 0.3) is 0 Å². The molecule has 0 spiro atoms. The molecule has 5 nitrogen and oxygen atoms in total. The molecule has 0 amide bonds. The first-order chi connectivity index (χ1) is 10.7. The maximum atomic E-state index is 10.8. The fraction of sp³-hybridized carbons (Fsp3) is 0.235. The highest BCUT2D eigenvalue weighted by atomic mass is 16.6. The zero-order chi connectivity index (χ0) is 15.1. The lowest BCUT2D eigenvalue weighted by Gasteiger charge is -2.26. The van der Waals surface area contributed by atoms with Gasteiger partial charge in [-0.2, -0.15) is 5.10 Å². The molecule has 2 aromatic rings. The zero-order valence-corrected chi connectivity index (χ0v) is 11.9. The summed E-state index contributed by atoms with van der Waals surface area (Å²) in [4.78, 5) is 10.4. The number of hydrogen-bond donors (Lipinski definition) is 1. The van der Waals surface area contributed by atoms with Gasteiger partial charge in [0.2, 0.25) is 0 Å². The molecule has 1 N–H and O–H groups in total. The summed E-state index contributed by atoms with van der Waals surface area (Å²) in [5, 5.41) is 15.3. The number of nitro benzene ring substituents is 1. The molecule has 2 atom stereocenters. The van der Waals surface area contributed by atoms with E-state index in [0.29, 0.717) is 5.92 Å². The topological polar surface area (TPSA) is 67.5 Å². The Labute approximate surface area is 127 Å². The van der Waals surface area contributed by atoms with E-state index >= 15 is 0 Å². The molecule has 0 fully saturated rings. The third-order valence-electron chi connectivity index (χ3n) is 4.56. The maximum Gasteiger partial charge on any atom is 0.269 e. The van der Waals surface area contributed by atoms with Gasteiger partial charge in [-0.25, -0.2) is 0 Å². The molecule has 0 radical (unpaired) electrons. The molecule has 0 saturated heterocycles. The van der Waals surface area contributed by atoms with Crippen molar-refractivity contribution in [2.75, 3.05) is 0 Å². The van der Waals surface area contributed by atoms with E-state index in [4.69, 9.17) is 0 Å². The van der Waals surface area contributed by atoms with Gasteiger partial charge in [-0.1, -0.05) is 36.4 Å². The Balaban J connectivity index is 1.64. The van der Waals surface area contributed by atoms with Crippen LogP contribution in [0.4, 0.5) is 5.69 Å². The fourth-order valence-electron chi connectivity index (χ4n) is 3.44. The Bertz CT molecular complexity index is 768. The second kappa shape index (κ2) is 4.94. The highest BCUT2D eigenvalue weighted by Crippen LogP contribution is 2.38. The molecule has 2 aromatic carbocycles. The summed E-state index contributed by atoms with van der Waals surface area (Å²) in [6, 6.07) is 15.3. The van der Waals surface area contributed by atoms with Gasteiger partial charge < -0.3 is 5.43 Å². The van der Waals surface area contributed by atoms with Crippen molar-refractivity contribution in [3.63, 3.8) is 0 Å². The SMILES string of the molecule is O=[N+]([O-])c1ccc(C2NN=C3c4ccccc4CCC32)cc1. The molecule has 4 rings (SSSR count). The van der Waals surface area contributed by atoms with Crippen LogP contribution in [0.5, 0.6) is 0 Å². The fourth-order valence-corrected chi connectivity index (χ4v) is 3.44. The summed E-state index contributed by atoms with van der Waals surface area (Å²) in [5.74, 6) is 0.330. The van der Waals surface area contributed by atoms with E-state index in [0.717, 1.165) is 24.1 Å². The lowest BCUT2D eigenvalue weighted by Crippen LogP contribution is -2.26. The van der Waals surface area contributed by atoms with Gasteiger partial charge in [0.15, 0.2) is 0 Å². The van der Waals surface area contributed by atoms with Gasteiger partial charge in [0, 0.05) is 23.6 Å². The number of aryl methyl sites for hydroxylation is 1. The van der Waals surface area contributed by atoms with Crippen LogP contribution >= 0.6 is 0 Å². The number of fused-ring (bicyclic) bond motifs is 3. The van der Waals surface area contributed by atoms with E-state index in [1.54, 1.807) is 12.1 Å². The van der Waals surface area contributed by atoms with E-state index in [2.05, 4.69) is 28.7 Å². The summed E-state index contributed by atoms with van der Waals surface area (Å²) in [6.45, 7) is 0. The number of nitrogens with zero attached hydrogens (tertiary/aromatic N) is 2. The van der Waals surface area contributed by atoms with E-state index in [-0.39, 0.29) is 16.7 Å². The van der Waals surface area contributed by atoms with E-state index in [9.17, 15) is 10.1 Å². The average molecular weight is 293 g/mol. The molecule has 1 aliphatic heterocycles. The van der Waals surface area contributed by atoms with E-state index < -0.39 is 0 Å². The summed E-state index contributed by atoms with van der Waals surface area (Å²) < 4.78 is 0. The van der Waals surface area contributed by atoms with Gasteiger partial charge in [-0.3, -0.25) is 10.1 Å². The quantitative estimate of drug-likeness (QED) is 0.683. The molecule has 0 saturated carbocycles. The van der Waals surface area contributed by atoms with Crippen LogP contribution in [0.3, 0.4) is 0 Å². The normalized spacial score (nSPS) is 22.3. The Morgan fingerprint density at radius 3 is 2.68 bits per heavy atom. The Kier molecular flexibility index (Phi) is 2.92. The minimum absolute atomic E-state index is 0.101. The van der Waals surface area contributed by atoms with Crippen molar-refractivity contribution in [1.82, 2.24) is 5.43 Å². The van der Waals surface area contributed by atoms with Gasteiger partial charge in [0.25, 0.3) is 5.69 Å². The third-order valence-corrected chi connectivity index (χ3v) is 4.56. The van der Waals surface area contributed by atoms with Crippen LogP contribution in [-0.2, 0) is 6.42 Å². The van der Waals surface area contributed by atoms with Crippen LogP contribution in [0.15, 0.2) is 53.6 Å². The molecule has 2 aliphatic rings. The predicted molar refractivity (Wildman–Crippen MR) is 83.8 cm³/mol. The van der Waals surface area contributed by atoms with Crippen molar-refractivity contribution in [2.24, 2.45) is 11.0 Å². The molecule has 22 heavy (non-hydrogen) atoms. The first-order valence-electron chi connectivity index (χ1n) is 7.40. The van der Waals surface area contributed by atoms with Gasteiger partial charge in [0.05, 0.1) is 16.7 Å². The van der Waals surface area contributed by atoms with Crippen LogP contribution < -0.4 is 5.43 Å². The summed E-state index contributed by atoms with van der Waals surface area (Å²) in [7, 11) is 0. The summed E-state index contributed by atoms with van der Waals surface area (Å²) in [5.41, 5.74) is 8.09. The first-order valence-corrected chi connectivity index (χ1v) is 7.40. The number of nitro groups is 1. The Morgan fingerprint density at radius 2 is 1.91 bits per heavy atom. The van der Waals surface area contributed by atoms with Crippen molar-refractivity contribution >= 4 is 11.4 Å². The minimum atomic E-state index is -0.370. The smallest absolute Gasteiger partial charge is 0.269 e. The van der Waals surface area contributed by atoms with Crippen LogP contribution in [0, 0.1) is 16.0 Å². The zero-order valence-electron chi connectivity index (χ0n) is 11.9. The number of nitrogens with one attached hydrogen (secondary N) is 1. The van der Waals surface area contributed by atoms with Crippen LogP contribution in [0.1, 0.15) is 29.2 Å². The largest absolute Gasteiger partial charge is 0.302 e. The molecule has 0 aromatic heterocycles. The predicted octanol–water partition coefficient (Wildman–Crippen LogP) is 3.21. The van der Waals surface area contributed by atoms with Gasteiger partial charge in [0.1, 0.15) is 0 Å². The molecule has 2 unspecified atom stereocenters.